The van der Waals surface area contributed by atoms with Crippen molar-refractivity contribution in [2.24, 2.45) is 0 Å². The van der Waals surface area contributed by atoms with E-state index < -0.39 is 0 Å². The van der Waals surface area contributed by atoms with Gasteiger partial charge in [-0.1, -0.05) is 13.8 Å². The molecule has 0 unspecified atom stereocenters. The molecule has 0 aliphatic rings. The molecule has 1 N–H and O–H groups in total. The van der Waals surface area contributed by atoms with Gasteiger partial charge in [-0.15, -0.1) is 0 Å². The van der Waals surface area contributed by atoms with E-state index in [9.17, 15) is 4.79 Å². The van der Waals surface area contributed by atoms with E-state index in [-0.39, 0.29) is 0 Å². The van der Waals surface area contributed by atoms with Crippen molar-refractivity contribution in [3.05, 3.63) is 0 Å². The zero-order chi connectivity index (χ0) is 9.11. The van der Waals surface area contributed by atoms with Crippen LogP contribution in [0.1, 0.15) is 20.8 Å². The van der Waals surface area contributed by atoms with Gasteiger partial charge in [-0.3, -0.25) is 4.79 Å². The van der Waals surface area contributed by atoms with E-state index in [1.165, 1.54) is 0 Å². The molecule has 0 fully saturated rings. The average Bonchev–Trinajstić information content (AvgIpc) is 2.10. The van der Waals surface area contributed by atoms with Crippen molar-refractivity contribution in [1.29, 1.82) is 0 Å². The Morgan fingerprint density at radius 1 is 1.45 bits per heavy atom. The summed E-state index contributed by atoms with van der Waals surface area (Å²) < 4.78 is 0. The predicted molar refractivity (Wildman–Crippen MR) is 48.6 cm³/mol. The van der Waals surface area contributed by atoms with Gasteiger partial charge < -0.3 is 10.2 Å². The SMILES string of the molecule is CC.CCN(C=O)CCNC. The van der Waals surface area contributed by atoms with Gasteiger partial charge in [0.1, 0.15) is 0 Å². The van der Waals surface area contributed by atoms with Crippen molar-refractivity contribution in [3.63, 3.8) is 0 Å². The van der Waals surface area contributed by atoms with Crippen LogP contribution in [0.2, 0.25) is 0 Å². The van der Waals surface area contributed by atoms with Gasteiger partial charge in [0.15, 0.2) is 0 Å². The summed E-state index contributed by atoms with van der Waals surface area (Å²) in [5, 5.41) is 2.97. The van der Waals surface area contributed by atoms with Gasteiger partial charge in [0.25, 0.3) is 0 Å². The summed E-state index contributed by atoms with van der Waals surface area (Å²) in [6, 6.07) is 0. The topological polar surface area (TPSA) is 32.3 Å². The first kappa shape index (κ1) is 13.1. The Morgan fingerprint density at radius 2 is 2.00 bits per heavy atom. The van der Waals surface area contributed by atoms with E-state index in [1.54, 1.807) is 4.90 Å². The van der Waals surface area contributed by atoms with Crippen molar-refractivity contribution in [2.45, 2.75) is 20.8 Å². The van der Waals surface area contributed by atoms with E-state index in [0.29, 0.717) is 0 Å². The summed E-state index contributed by atoms with van der Waals surface area (Å²) in [5.74, 6) is 0. The van der Waals surface area contributed by atoms with Crippen LogP contribution < -0.4 is 5.32 Å². The molecule has 0 aromatic rings. The molecular weight excluding hydrogens is 140 g/mol. The summed E-state index contributed by atoms with van der Waals surface area (Å²) >= 11 is 0. The van der Waals surface area contributed by atoms with E-state index in [1.807, 2.05) is 27.8 Å². The highest BCUT2D eigenvalue weighted by Crippen LogP contribution is 1.77. The molecule has 11 heavy (non-hydrogen) atoms. The van der Waals surface area contributed by atoms with Gasteiger partial charge in [0.2, 0.25) is 6.41 Å². The van der Waals surface area contributed by atoms with Crippen LogP contribution in [0.25, 0.3) is 0 Å². The van der Waals surface area contributed by atoms with Crippen molar-refractivity contribution < 1.29 is 4.79 Å². The predicted octanol–water partition coefficient (Wildman–Crippen LogP) is 0.710. The molecule has 68 valence electrons. The first-order valence-corrected chi connectivity index (χ1v) is 4.19. The Balaban J connectivity index is 0. The van der Waals surface area contributed by atoms with Crippen LogP contribution in [-0.2, 0) is 4.79 Å². The van der Waals surface area contributed by atoms with Crippen LogP contribution in [0.4, 0.5) is 0 Å². The largest absolute Gasteiger partial charge is 0.344 e. The normalized spacial score (nSPS) is 8.00. The minimum atomic E-state index is 0.797. The number of nitrogens with one attached hydrogen (secondary N) is 1. The number of rotatable bonds is 5. The molecule has 0 aromatic heterocycles. The highest BCUT2D eigenvalue weighted by molar-refractivity contribution is 5.46. The zero-order valence-electron chi connectivity index (χ0n) is 8.05. The summed E-state index contributed by atoms with van der Waals surface area (Å²) in [6.07, 6.45) is 0.872. The summed E-state index contributed by atoms with van der Waals surface area (Å²) in [6.45, 7) is 8.43. The monoisotopic (exact) mass is 160 g/mol. The molecule has 0 spiro atoms. The van der Waals surface area contributed by atoms with Gasteiger partial charge in [-0.2, -0.15) is 0 Å². The Labute approximate surface area is 69.8 Å². The lowest BCUT2D eigenvalue weighted by Gasteiger charge is -2.12. The molecule has 0 heterocycles. The molecule has 0 saturated heterocycles. The van der Waals surface area contributed by atoms with Crippen LogP contribution in [-0.4, -0.2) is 38.0 Å². The molecule has 3 nitrogen and oxygen atoms in total. The third kappa shape index (κ3) is 9.43. The molecule has 0 aliphatic heterocycles. The van der Waals surface area contributed by atoms with Crippen molar-refractivity contribution in [2.75, 3.05) is 26.7 Å². The van der Waals surface area contributed by atoms with Gasteiger partial charge in [-0.05, 0) is 14.0 Å². The first-order valence-electron chi connectivity index (χ1n) is 4.19. The number of carbonyl (C=O) groups excluding carboxylic acids is 1. The summed E-state index contributed by atoms with van der Waals surface area (Å²) in [4.78, 5) is 11.9. The number of hydrogen-bond acceptors (Lipinski definition) is 2. The third-order valence-electron chi connectivity index (χ3n) is 1.20. The Morgan fingerprint density at radius 3 is 2.27 bits per heavy atom. The highest BCUT2D eigenvalue weighted by atomic mass is 16.1. The summed E-state index contributed by atoms with van der Waals surface area (Å²) in [7, 11) is 1.87. The van der Waals surface area contributed by atoms with E-state index in [0.717, 1.165) is 26.0 Å². The average molecular weight is 160 g/mol. The Bertz CT molecular complexity index is 76.5. The molecule has 0 aliphatic carbocycles. The van der Waals surface area contributed by atoms with Crippen LogP contribution in [0.5, 0.6) is 0 Å². The van der Waals surface area contributed by atoms with E-state index in [2.05, 4.69) is 5.32 Å². The molecule has 0 aromatic carbocycles. The Kier molecular flexibility index (Phi) is 14.4. The lowest BCUT2D eigenvalue weighted by molar-refractivity contribution is -0.117. The maximum absolute atomic E-state index is 10.1. The third-order valence-corrected chi connectivity index (χ3v) is 1.20. The fraction of sp³-hybridized carbons (Fsp3) is 0.875. The smallest absolute Gasteiger partial charge is 0.209 e. The van der Waals surface area contributed by atoms with E-state index in [4.69, 9.17) is 0 Å². The maximum atomic E-state index is 10.1. The second kappa shape index (κ2) is 12.1. The number of likely N-dealkylation sites (N-methyl/N-ethyl adjacent to an activating group) is 2. The summed E-state index contributed by atoms with van der Waals surface area (Å²) in [5.41, 5.74) is 0. The van der Waals surface area contributed by atoms with Gasteiger partial charge in [0, 0.05) is 19.6 Å². The fourth-order valence-electron chi connectivity index (χ4n) is 0.541. The molecule has 0 saturated carbocycles. The van der Waals surface area contributed by atoms with Crippen LogP contribution >= 0.6 is 0 Å². The molecule has 0 radical (unpaired) electrons. The second-order valence-corrected chi connectivity index (χ2v) is 1.84. The number of carbonyl (C=O) groups is 1. The standard InChI is InChI=1S/C6H14N2O.C2H6/c1-3-8(6-9)5-4-7-2;1-2/h6-7H,3-5H2,1-2H3;1-2H3. The highest BCUT2D eigenvalue weighted by Gasteiger charge is 1.93. The van der Waals surface area contributed by atoms with Gasteiger partial charge in [0.05, 0.1) is 0 Å². The molecular formula is C8H20N2O. The lowest BCUT2D eigenvalue weighted by Crippen LogP contribution is -2.29. The molecule has 3 heteroatoms. The maximum Gasteiger partial charge on any atom is 0.209 e. The zero-order valence-corrected chi connectivity index (χ0v) is 8.05. The second-order valence-electron chi connectivity index (χ2n) is 1.84. The molecule has 0 atom stereocenters. The quantitative estimate of drug-likeness (QED) is 0.601. The number of nitrogens with zero attached hydrogens (tertiary/aromatic N) is 1. The van der Waals surface area contributed by atoms with Gasteiger partial charge in [-0.25, -0.2) is 0 Å². The molecule has 0 bridgehead atoms. The number of amides is 1. The first-order chi connectivity index (χ1) is 5.35. The number of hydrogen-bond donors (Lipinski definition) is 1. The van der Waals surface area contributed by atoms with Crippen molar-refractivity contribution in [1.82, 2.24) is 10.2 Å². The van der Waals surface area contributed by atoms with Crippen LogP contribution in [0, 0.1) is 0 Å². The van der Waals surface area contributed by atoms with Gasteiger partial charge >= 0.3 is 0 Å². The molecule has 0 rings (SSSR count). The Hall–Kier alpha value is -0.570. The fourth-order valence-corrected chi connectivity index (χ4v) is 0.541. The van der Waals surface area contributed by atoms with E-state index >= 15 is 0 Å². The minimum Gasteiger partial charge on any atom is -0.344 e. The molecule has 1 amide bonds. The van der Waals surface area contributed by atoms with Crippen LogP contribution in [0.15, 0.2) is 0 Å². The van der Waals surface area contributed by atoms with Crippen molar-refractivity contribution in [3.8, 4) is 0 Å². The lowest BCUT2D eigenvalue weighted by atomic mass is 10.5. The van der Waals surface area contributed by atoms with Crippen LogP contribution in [0.3, 0.4) is 0 Å². The minimum absolute atomic E-state index is 0.797. The van der Waals surface area contributed by atoms with Crippen molar-refractivity contribution >= 4 is 6.41 Å².